The van der Waals surface area contributed by atoms with Crippen LogP contribution >= 0.6 is 0 Å². The van der Waals surface area contributed by atoms with Crippen molar-refractivity contribution in [2.75, 3.05) is 6.61 Å². The second-order valence-electron chi connectivity index (χ2n) is 6.53. The number of amides is 2. The molecule has 28 heavy (non-hydrogen) atoms. The molecule has 0 saturated carbocycles. The van der Waals surface area contributed by atoms with Crippen molar-refractivity contribution >= 4 is 11.8 Å². The van der Waals surface area contributed by atoms with E-state index in [0.29, 0.717) is 23.8 Å². The zero-order chi connectivity index (χ0) is 20.4. The van der Waals surface area contributed by atoms with Gasteiger partial charge < -0.3 is 9.47 Å². The molecule has 0 aliphatic heterocycles. The Hall–Kier alpha value is -3.02. The Morgan fingerprint density at radius 3 is 2.18 bits per heavy atom. The highest BCUT2D eigenvalue weighted by atomic mass is 16.5. The maximum Gasteiger partial charge on any atom is 0.279 e. The summed E-state index contributed by atoms with van der Waals surface area (Å²) in [5.74, 6) is 0.816. The van der Waals surface area contributed by atoms with Crippen molar-refractivity contribution in [3.8, 4) is 11.5 Å². The molecule has 2 aromatic rings. The Bertz CT molecular complexity index is 747. The van der Waals surface area contributed by atoms with Crippen LogP contribution in [-0.4, -0.2) is 24.5 Å². The smallest absolute Gasteiger partial charge is 0.279 e. The van der Waals surface area contributed by atoms with Gasteiger partial charge in [0.05, 0.1) is 0 Å². The van der Waals surface area contributed by atoms with Gasteiger partial charge in [-0.05, 0) is 48.6 Å². The highest BCUT2D eigenvalue weighted by Crippen LogP contribution is 2.21. The largest absolute Gasteiger partial charge is 0.484 e. The predicted octanol–water partition coefficient (Wildman–Crippen LogP) is 3.58. The molecule has 0 radical (unpaired) electrons. The molecule has 2 unspecified atom stereocenters. The van der Waals surface area contributed by atoms with Crippen LogP contribution in [0.4, 0.5) is 0 Å². The van der Waals surface area contributed by atoms with Crippen LogP contribution in [0.3, 0.4) is 0 Å². The van der Waals surface area contributed by atoms with Crippen molar-refractivity contribution in [2.24, 2.45) is 0 Å². The lowest BCUT2D eigenvalue weighted by molar-refractivity contribution is -0.134. The summed E-state index contributed by atoms with van der Waals surface area (Å²) in [6.45, 7) is 5.94. The highest BCUT2D eigenvalue weighted by molar-refractivity contribution is 5.85. The Balaban J connectivity index is 1.75. The molecule has 150 valence electrons. The Kier molecular flexibility index (Phi) is 8.34. The van der Waals surface area contributed by atoms with E-state index in [1.807, 2.05) is 49.4 Å². The van der Waals surface area contributed by atoms with Gasteiger partial charge in [-0.15, -0.1) is 0 Å². The van der Waals surface area contributed by atoms with Gasteiger partial charge >= 0.3 is 0 Å². The lowest BCUT2D eigenvalue weighted by Gasteiger charge is -2.17. The zero-order valence-corrected chi connectivity index (χ0v) is 16.6. The number of hydrogen-bond donors (Lipinski definition) is 2. The summed E-state index contributed by atoms with van der Waals surface area (Å²) >= 11 is 0. The third kappa shape index (κ3) is 6.61. The third-order valence-electron chi connectivity index (χ3n) is 4.44. The molecule has 0 bridgehead atoms. The monoisotopic (exact) mass is 384 g/mol. The number of rotatable bonds is 9. The van der Waals surface area contributed by atoms with Gasteiger partial charge in [0.15, 0.2) is 12.7 Å². The highest BCUT2D eigenvalue weighted by Gasteiger charge is 2.19. The molecule has 2 N–H and O–H groups in total. The van der Waals surface area contributed by atoms with Crippen LogP contribution in [0.15, 0.2) is 54.6 Å². The minimum atomic E-state index is -0.697. The van der Waals surface area contributed by atoms with Gasteiger partial charge in [-0.2, -0.15) is 0 Å². The van der Waals surface area contributed by atoms with Gasteiger partial charge in [0.25, 0.3) is 11.8 Å². The quantitative estimate of drug-likeness (QED) is 0.648. The molecule has 2 rings (SSSR count). The van der Waals surface area contributed by atoms with Crippen LogP contribution in [0.1, 0.15) is 45.1 Å². The lowest BCUT2D eigenvalue weighted by Crippen LogP contribution is -2.49. The molecule has 0 aromatic heterocycles. The van der Waals surface area contributed by atoms with Crippen LogP contribution in [0.25, 0.3) is 0 Å². The van der Waals surface area contributed by atoms with Gasteiger partial charge in [0.1, 0.15) is 11.5 Å². The number of carbonyl (C=O) groups excluding carboxylic acids is 2. The average Bonchev–Trinajstić information content (AvgIpc) is 2.74. The van der Waals surface area contributed by atoms with Crippen LogP contribution in [0.5, 0.6) is 11.5 Å². The molecule has 6 heteroatoms. The van der Waals surface area contributed by atoms with Crippen LogP contribution in [0.2, 0.25) is 0 Å². The van der Waals surface area contributed by atoms with Crippen molar-refractivity contribution in [2.45, 2.75) is 45.6 Å². The second-order valence-corrected chi connectivity index (χ2v) is 6.53. The lowest BCUT2D eigenvalue weighted by atomic mass is 9.99. The fourth-order valence-corrected chi connectivity index (χ4v) is 2.51. The topological polar surface area (TPSA) is 76.7 Å². The molecule has 0 fully saturated rings. The van der Waals surface area contributed by atoms with E-state index >= 15 is 0 Å². The number of hydrazine groups is 1. The predicted molar refractivity (Wildman–Crippen MR) is 108 cm³/mol. The molecular weight excluding hydrogens is 356 g/mol. The van der Waals surface area contributed by atoms with Crippen LogP contribution < -0.4 is 20.3 Å². The number of nitrogens with one attached hydrogen (secondary N) is 2. The van der Waals surface area contributed by atoms with Crippen molar-refractivity contribution < 1.29 is 19.1 Å². The maximum atomic E-state index is 12.2. The van der Waals surface area contributed by atoms with E-state index in [1.54, 1.807) is 12.1 Å². The van der Waals surface area contributed by atoms with Gasteiger partial charge in [0, 0.05) is 0 Å². The second kappa shape index (κ2) is 11.0. The first-order valence-corrected chi connectivity index (χ1v) is 9.56. The van der Waals surface area contributed by atoms with Gasteiger partial charge in [-0.3, -0.25) is 20.4 Å². The van der Waals surface area contributed by atoms with Crippen molar-refractivity contribution in [1.82, 2.24) is 10.9 Å². The Labute approximate surface area is 166 Å². The van der Waals surface area contributed by atoms with Crippen LogP contribution in [0, 0.1) is 0 Å². The first-order valence-electron chi connectivity index (χ1n) is 9.56. The van der Waals surface area contributed by atoms with E-state index in [0.717, 1.165) is 6.42 Å². The van der Waals surface area contributed by atoms with Gasteiger partial charge in [0.2, 0.25) is 0 Å². The minimum absolute atomic E-state index is 0.195. The van der Waals surface area contributed by atoms with E-state index in [9.17, 15) is 9.59 Å². The van der Waals surface area contributed by atoms with Crippen molar-refractivity contribution in [3.63, 3.8) is 0 Å². The normalized spacial score (nSPS) is 12.5. The van der Waals surface area contributed by atoms with Gasteiger partial charge in [-0.25, -0.2) is 0 Å². The SMILES string of the molecule is CCC(Oc1ccccc1)C(=O)NNC(=O)COc1ccc(C(C)CC)cc1. The summed E-state index contributed by atoms with van der Waals surface area (Å²) in [6, 6.07) is 16.7. The van der Waals surface area contributed by atoms with E-state index in [1.165, 1.54) is 5.56 Å². The number of para-hydroxylation sites is 1. The molecule has 6 nitrogen and oxygen atoms in total. The van der Waals surface area contributed by atoms with Crippen molar-refractivity contribution in [3.05, 3.63) is 60.2 Å². The van der Waals surface area contributed by atoms with E-state index in [2.05, 4.69) is 24.7 Å². The Morgan fingerprint density at radius 2 is 1.57 bits per heavy atom. The van der Waals surface area contributed by atoms with E-state index in [4.69, 9.17) is 9.47 Å². The van der Waals surface area contributed by atoms with E-state index in [-0.39, 0.29) is 6.61 Å². The summed E-state index contributed by atoms with van der Waals surface area (Å²) in [7, 11) is 0. The molecule has 2 atom stereocenters. The summed E-state index contributed by atoms with van der Waals surface area (Å²) in [5, 5.41) is 0. The molecule has 0 aliphatic rings. The third-order valence-corrected chi connectivity index (χ3v) is 4.44. The molecule has 0 heterocycles. The summed E-state index contributed by atoms with van der Waals surface area (Å²) in [5.41, 5.74) is 5.96. The van der Waals surface area contributed by atoms with Gasteiger partial charge in [-0.1, -0.05) is 51.1 Å². The molecule has 2 aromatic carbocycles. The molecule has 0 spiro atoms. The molecular formula is C22H28N2O4. The number of hydrogen-bond acceptors (Lipinski definition) is 4. The fourth-order valence-electron chi connectivity index (χ4n) is 2.51. The first-order chi connectivity index (χ1) is 13.5. The Morgan fingerprint density at radius 1 is 0.893 bits per heavy atom. The first kappa shape index (κ1) is 21.3. The molecule has 0 aliphatic carbocycles. The number of benzene rings is 2. The summed E-state index contributed by atoms with van der Waals surface area (Å²) in [4.78, 5) is 24.1. The fraction of sp³-hybridized carbons (Fsp3) is 0.364. The summed E-state index contributed by atoms with van der Waals surface area (Å²) in [6.07, 6.45) is 0.835. The molecule has 0 saturated heterocycles. The average molecular weight is 384 g/mol. The summed E-state index contributed by atoms with van der Waals surface area (Å²) < 4.78 is 11.1. The number of carbonyl (C=O) groups is 2. The standard InChI is InChI=1S/C22H28N2O4/c1-4-16(3)17-11-13-18(14-12-17)27-15-21(25)23-24-22(26)20(5-2)28-19-9-7-6-8-10-19/h6-14,16,20H,4-5,15H2,1-3H3,(H,23,25)(H,24,26). The minimum Gasteiger partial charge on any atom is -0.484 e. The van der Waals surface area contributed by atoms with E-state index < -0.39 is 17.9 Å². The zero-order valence-electron chi connectivity index (χ0n) is 16.6. The van der Waals surface area contributed by atoms with Crippen LogP contribution in [-0.2, 0) is 9.59 Å². The maximum absolute atomic E-state index is 12.2. The molecule has 2 amide bonds. The van der Waals surface area contributed by atoms with Crippen molar-refractivity contribution in [1.29, 1.82) is 0 Å². The number of ether oxygens (including phenoxy) is 2.